The summed E-state index contributed by atoms with van der Waals surface area (Å²) in [6, 6.07) is 0. The Kier molecular flexibility index (Phi) is 7.79. The molecule has 0 aromatic heterocycles. The molecule has 1 unspecified atom stereocenters. The first kappa shape index (κ1) is 15.4. The quantitative estimate of drug-likeness (QED) is 0.500. The number of alkyl carbamates (subject to hydrolysis) is 1. The van der Waals surface area contributed by atoms with Crippen molar-refractivity contribution in [2.75, 3.05) is 19.8 Å². The second-order valence-electron chi connectivity index (χ2n) is 3.41. The minimum absolute atomic E-state index is 0.242. The van der Waals surface area contributed by atoms with E-state index in [0.29, 0.717) is 13.0 Å². The molecule has 0 aromatic carbocycles. The van der Waals surface area contributed by atoms with Gasteiger partial charge in [0.05, 0.1) is 0 Å². The van der Waals surface area contributed by atoms with Crippen molar-refractivity contribution in [2.45, 2.75) is 19.4 Å². The van der Waals surface area contributed by atoms with Crippen molar-refractivity contribution < 1.29 is 24.2 Å². The Balaban J connectivity index is 3.65. The van der Waals surface area contributed by atoms with Crippen LogP contribution in [0.5, 0.6) is 0 Å². The van der Waals surface area contributed by atoms with Gasteiger partial charge in [-0.15, -0.1) is 0 Å². The number of carbonyl (C=O) groups is 2. The number of ether oxygens (including phenoxy) is 2. The lowest BCUT2D eigenvalue weighted by Crippen LogP contribution is -2.30. The summed E-state index contributed by atoms with van der Waals surface area (Å²) in [5, 5.41) is 11.7. The van der Waals surface area contributed by atoms with Gasteiger partial charge >= 0.3 is 12.1 Å². The lowest BCUT2D eigenvalue weighted by atomic mass is 10.3. The Morgan fingerprint density at radius 2 is 1.94 bits per heavy atom. The predicted octanol–water partition coefficient (Wildman–Crippen LogP) is 0.417. The molecule has 0 aromatic rings. The van der Waals surface area contributed by atoms with Crippen LogP contribution in [-0.2, 0) is 14.3 Å². The molecule has 6 nitrogen and oxygen atoms in total. The standard InChI is InChI=1S/C11H18NO5/c1-4-5-12-11(15)17-7-9(13)6-16-10(14)8(2)3/h9,13H,1-2,4-7H2,3H3,(H,12,15). The zero-order valence-corrected chi connectivity index (χ0v) is 9.90. The van der Waals surface area contributed by atoms with Gasteiger partial charge in [-0.25, -0.2) is 9.59 Å². The lowest BCUT2D eigenvalue weighted by molar-refractivity contribution is -0.142. The van der Waals surface area contributed by atoms with Crippen LogP contribution < -0.4 is 5.32 Å². The predicted molar refractivity (Wildman–Crippen MR) is 61.1 cm³/mol. The third kappa shape index (κ3) is 8.27. The molecule has 0 heterocycles. The van der Waals surface area contributed by atoms with Crippen LogP contribution in [-0.4, -0.2) is 43.0 Å². The molecule has 1 radical (unpaired) electrons. The third-order valence-corrected chi connectivity index (χ3v) is 1.61. The summed E-state index contributed by atoms with van der Waals surface area (Å²) in [7, 11) is 0. The van der Waals surface area contributed by atoms with Crippen LogP contribution in [0, 0.1) is 6.92 Å². The summed E-state index contributed by atoms with van der Waals surface area (Å²) in [4.78, 5) is 21.9. The summed E-state index contributed by atoms with van der Waals surface area (Å²) >= 11 is 0. The van der Waals surface area contributed by atoms with Gasteiger partial charge in [0.1, 0.15) is 19.3 Å². The second-order valence-corrected chi connectivity index (χ2v) is 3.41. The zero-order chi connectivity index (χ0) is 13.3. The number of aliphatic hydroxyl groups is 1. The van der Waals surface area contributed by atoms with Crippen molar-refractivity contribution >= 4 is 12.1 Å². The molecular formula is C11H18NO5. The molecule has 0 aliphatic carbocycles. The van der Waals surface area contributed by atoms with E-state index in [1.165, 1.54) is 6.92 Å². The number of hydrogen-bond donors (Lipinski definition) is 2. The highest BCUT2D eigenvalue weighted by Gasteiger charge is 2.11. The van der Waals surface area contributed by atoms with Crippen LogP contribution in [0.15, 0.2) is 12.2 Å². The second kappa shape index (κ2) is 8.58. The SMILES string of the molecule is [CH2]CCNC(=O)OCC(O)COC(=O)C(=C)C. The number of rotatable bonds is 7. The maximum Gasteiger partial charge on any atom is 0.407 e. The van der Waals surface area contributed by atoms with Gasteiger partial charge in [-0.1, -0.05) is 13.5 Å². The minimum atomic E-state index is -1.05. The Hall–Kier alpha value is -1.56. The van der Waals surface area contributed by atoms with E-state index in [9.17, 15) is 14.7 Å². The van der Waals surface area contributed by atoms with Crippen LogP contribution in [0.2, 0.25) is 0 Å². The van der Waals surface area contributed by atoms with Gasteiger partial charge in [0.15, 0.2) is 0 Å². The number of aliphatic hydroxyl groups excluding tert-OH is 1. The molecule has 0 spiro atoms. The van der Waals surface area contributed by atoms with Crippen molar-refractivity contribution in [3.8, 4) is 0 Å². The van der Waals surface area contributed by atoms with E-state index in [1.807, 2.05) is 0 Å². The summed E-state index contributed by atoms with van der Waals surface area (Å²) < 4.78 is 9.33. The molecule has 0 rings (SSSR count). The first-order valence-electron chi connectivity index (χ1n) is 5.18. The number of amides is 1. The maximum absolute atomic E-state index is 11.0. The van der Waals surface area contributed by atoms with Crippen molar-refractivity contribution in [3.05, 3.63) is 19.1 Å². The average Bonchev–Trinajstić information content (AvgIpc) is 2.30. The zero-order valence-electron chi connectivity index (χ0n) is 9.90. The van der Waals surface area contributed by atoms with Crippen molar-refractivity contribution in [3.63, 3.8) is 0 Å². The number of carbonyl (C=O) groups excluding carboxylic acids is 2. The van der Waals surface area contributed by atoms with Gasteiger partial charge in [-0.05, 0) is 13.3 Å². The van der Waals surface area contributed by atoms with Crippen LogP contribution in [0.4, 0.5) is 4.79 Å². The van der Waals surface area contributed by atoms with Gasteiger partial charge in [0.2, 0.25) is 0 Å². The molecule has 97 valence electrons. The Morgan fingerprint density at radius 1 is 1.35 bits per heavy atom. The molecule has 17 heavy (non-hydrogen) atoms. The van der Waals surface area contributed by atoms with Crippen molar-refractivity contribution in [2.24, 2.45) is 0 Å². The molecule has 0 saturated carbocycles. The van der Waals surface area contributed by atoms with Crippen LogP contribution in [0.25, 0.3) is 0 Å². The van der Waals surface area contributed by atoms with E-state index < -0.39 is 18.2 Å². The number of esters is 1. The molecule has 0 fully saturated rings. The molecule has 0 aliphatic heterocycles. The van der Waals surface area contributed by atoms with Crippen molar-refractivity contribution in [1.82, 2.24) is 5.32 Å². The molecule has 2 N–H and O–H groups in total. The summed E-state index contributed by atoms with van der Waals surface area (Å²) in [5.74, 6) is -0.592. The third-order valence-electron chi connectivity index (χ3n) is 1.61. The molecule has 0 saturated heterocycles. The van der Waals surface area contributed by atoms with Crippen LogP contribution in [0.3, 0.4) is 0 Å². The van der Waals surface area contributed by atoms with E-state index in [-0.39, 0.29) is 18.8 Å². The lowest BCUT2D eigenvalue weighted by Gasteiger charge is -2.12. The number of hydrogen-bond acceptors (Lipinski definition) is 5. The fourth-order valence-corrected chi connectivity index (χ4v) is 0.757. The van der Waals surface area contributed by atoms with E-state index in [4.69, 9.17) is 0 Å². The van der Waals surface area contributed by atoms with E-state index in [2.05, 4.69) is 28.3 Å². The molecule has 1 amide bonds. The first-order chi connectivity index (χ1) is 7.97. The monoisotopic (exact) mass is 244 g/mol. The summed E-state index contributed by atoms with van der Waals surface area (Å²) in [6.45, 7) is 8.33. The maximum atomic E-state index is 11.0. The van der Waals surface area contributed by atoms with Crippen LogP contribution in [0.1, 0.15) is 13.3 Å². The highest BCUT2D eigenvalue weighted by Crippen LogP contribution is 1.95. The van der Waals surface area contributed by atoms with Crippen molar-refractivity contribution in [1.29, 1.82) is 0 Å². The fourth-order valence-electron chi connectivity index (χ4n) is 0.757. The van der Waals surface area contributed by atoms with E-state index in [1.54, 1.807) is 0 Å². The molecule has 0 aliphatic rings. The van der Waals surface area contributed by atoms with Gasteiger partial charge < -0.3 is 19.9 Å². The van der Waals surface area contributed by atoms with Gasteiger partial charge in [-0.2, -0.15) is 0 Å². The molecule has 0 bridgehead atoms. The fraction of sp³-hybridized carbons (Fsp3) is 0.545. The normalized spacial score (nSPS) is 11.5. The smallest absolute Gasteiger partial charge is 0.407 e. The van der Waals surface area contributed by atoms with Crippen LogP contribution >= 0.6 is 0 Å². The molecule has 6 heteroatoms. The summed E-state index contributed by atoms with van der Waals surface area (Å²) in [5.41, 5.74) is 0.242. The topological polar surface area (TPSA) is 84.9 Å². The van der Waals surface area contributed by atoms with E-state index in [0.717, 1.165) is 0 Å². The van der Waals surface area contributed by atoms with E-state index >= 15 is 0 Å². The highest BCUT2D eigenvalue weighted by molar-refractivity contribution is 5.86. The highest BCUT2D eigenvalue weighted by atomic mass is 16.6. The Bertz CT molecular complexity index is 277. The largest absolute Gasteiger partial charge is 0.459 e. The average molecular weight is 244 g/mol. The van der Waals surface area contributed by atoms with Gasteiger partial charge in [0, 0.05) is 12.1 Å². The van der Waals surface area contributed by atoms with Gasteiger partial charge in [0.25, 0.3) is 0 Å². The Labute approximate surface area is 101 Å². The molecule has 1 atom stereocenters. The number of nitrogens with one attached hydrogen (secondary N) is 1. The summed E-state index contributed by atoms with van der Waals surface area (Å²) in [6.07, 6.45) is -1.14. The Morgan fingerprint density at radius 3 is 2.47 bits per heavy atom. The first-order valence-corrected chi connectivity index (χ1v) is 5.18. The van der Waals surface area contributed by atoms with Gasteiger partial charge in [-0.3, -0.25) is 0 Å². The molecular weight excluding hydrogens is 226 g/mol. The minimum Gasteiger partial charge on any atom is -0.459 e.